The minimum Gasteiger partial charge on any atom is -0.373 e. The number of hydrazine groups is 1. The van der Waals surface area contributed by atoms with Crippen molar-refractivity contribution >= 4 is 11.5 Å². The van der Waals surface area contributed by atoms with Gasteiger partial charge < -0.3 is 10.3 Å². The van der Waals surface area contributed by atoms with Gasteiger partial charge >= 0.3 is 0 Å². The summed E-state index contributed by atoms with van der Waals surface area (Å²) in [6.07, 6.45) is 1.68. The molecule has 0 radical (unpaired) electrons. The Balaban J connectivity index is 2.23. The zero-order chi connectivity index (χ0) is 14.5. The van der Waals surface area contributed by atoms with Crippen LogP contribution in [0.3, 0.4) is 0 Å². The van der Waals surface area contributed by atoms with E-state index in [-0.39, 0.29) is 5.56 Å². The fourth-order valence-electron chi connectivity index (χ4n) is 1.74. The third kappa shape index (κ3) is 3.12. The van der Waals surface area contributed by atoms with E-state index < -0.39 is 0 Å². The molecule has 3 N–H and O–H groups in total. The van der Waals surface area contributed by atoms with Gasteiger partial charge in [0.25, 0.3) is 5.56 Å². The van der Waals surface area contributed by atoms with Crippen molar-refractivity contribution in [3.8, 4) is 0 Å². The van der Waals surface area contributed by atoms with Crippen molar-refractivity contribution in [2.75, 3.05) is 23.9 Å². The summed E-state index contributed by atoms with van der Waals surface area (Å²) < 4.78 is 1.37. The molecule has 0 aliphatic heterocycles. The molecule has 7 heteroatoms. The molecule has 0 atom stereocenters. The van der Waals surface area contributed by atoms with Gasteiger partial charge in [-0.1, -0.05) is 6.07 Å². The number of rotatable bonds is 5. The molecule has 0 saturated carbocycles. The molecule has 0 amide bonds. The van der Waals surface area contributed by atoms with Crippen molar-refractivity contribution in [3.63, 3.8) is 0 Å². The summed E-state index contributed by atoms with van der Waals surface area (Å²) in [6.45, 7) is 3.14. The molecular formula is C13H18N6O. The summed E-state index contributed by atoms with van der Waals surface area (Å²) >= 11 is 0. The Morgan fingerprint density at radius 2 is 2.25 bits per heavy atom. The lowest BCUT2D eigenvalue weighted by Gasteiger charge is -2.16. The lowest BCUT2D eigenvalue weighted by Crippen LogP contribution is -2.26. The van der Waals surface area contributed by atoms with E-state index in [1.807, 2.05) is 31.0 Å². The predicted octanol–water partition coefficient (Wildman–Crippen LogP) is 0.428. The number of pyridine rings is 1. The Morgan fingerprint density at radius 1 is 1.45 bits per heavy atom. The van der Waals surface area contributed by atoms with Crippen molar-refractivity contribution in [2.45, 2.75) is 13.5 Å². The first-order valence-corrected chi connectivity index (χ1v) is 6.35. The molecular weight excluding hydrogens is 256 g/mol. The number of aromatic nitrogens is 3. The van der Waals surface area contributed by atoms with Crippen molar-refractivity contribution in [3.05, 3.63) is 46.5 Å². The van der Waals surface area contributed by atoms with E-state index in [0.29, 0.717) is 18.1 Å². The Bertz CT molecular complexity index is 639. The zero-order valence-electron chi connectivity index (χ0n) is 11.6. The summed E-state index contributed by atoms with van der Waals surface area (Å²) in [5.41, 5.74) is 3.84. The number of nitrogens with two attached hydrogens (primary N) is 1. The van der Waals surface area contributed by atoms with Crippen LogP contribution in [-0.4, -0.2) is 28.4 Å². The first kappa shape index (κ1) is 14.0. The molecule has 0 aromatic carbocycles. The molecule has 20 heavy (non-hydrogen) atoms. The molecule has 0 bridgehead atoms. The second-order valence-electron chi connectivity index (χ2n) is 4.38. The molecule has 2 heterocycles. The highest BCUT2D eigenvalue weighted by Crippen LogP contribution is 2.07. The zero-order valence-corrected chi connectivity index (χ0v) is 11.6. The second kappa shape index (κ2) is 6.16. The molecule has 2 aromatic heterocycles. The molecule has 7 nitrogen and oxygen atoms in total. The van der Waals surface area contributed by atoms with Crippen LogP contribution in [0.1, 0.15) is 12.6 Å². The molecule has 2 aromatic rings. The first-order valence-electron chi connectivity index (χ1n) is 6.35. The Hall–Kier alpha value is -2.41. The van der Waals surface area contributed by atoms with E-state index in [0.717, 1.165) is 12.2 Å². The van der Waals surface area contributed by atoms with Crippen LogP contribution >= 0.6 is 0 Å². The minimum atomic E-state index is -0.157. The number of anilines is 2. The number of nitrogen functional groups attached to an aromatic ring is 1. The quantitative estimate of drug-likeness (QED) is 0.607. The highest BCUT2D eigenvalue weighted by Gasteiger charge is 2.05. The summed E-state index contributed by atoms with van der Waals surface area (Å²) in [5, 5.41) is 4.17. The Morgan fingerprint density at radius 3 is 2.90 bits per heavy atom. The molecule has 0 fully saturated rings. The average molecular weight is 274 g/mol. The van der Waals surface area contributed by atoms with Gasteiger partial charge in [-0.25, -0.2) is 15.5 Å². The van der Waals surface area contributed by atoms with Gasteiger partial charge in [0.1, 0.15) is 5.82 Å². The number of hydrogen-bond donors (Lipinski definition) is 2. The molecule has 0 aliphatic rings. The normalized spacial score (nSPS) is 10.3. The van der Waals surface area contributed by atoms with Crippen LogP contribution < -0.4 is 21.7 Å². The topological polar surface area (TPSA) is 89.1 Å². The van der Waals surface area contributed by atoms with Crippen molar-refractivity contribution in [2.24, 2.45) is 5.84 Å². The van der Waals surface area contributed by atoms with Gasteiger partial charge in [0, 0.05) is 19.7 Å². The average Bonchev–Trinajstić information content (AvgIpc) is 2.48. The number of hydrogen-bond acceptors (Lipinski definition) is 6. The third-order valence-electron chi connectivity index (χ3n) is 3.04. The first-order chi connectivity index (χ1) is 9.63. The van der Waals surface area contributed by atoms with E-state index >= 15 is 0 Å². The van der Waals surface area contributed by atoms with Gasteiger partial charge in [-0.15, -0.1) is 0 Å². The van der Waals surface area contributed by atoms with Crippen LogP contribution in [0.4, 0.5) is 11.5 Å². The van der Waals surface area contributed by atoms with Gasteiger partial charge in [0.15, 0.2) is 0 Å². The van der Waals surface area contributed by atoms with Gasteiger partial charge in [0.2, 0.25) is 0 Å². The smallest absolute Gasteiger partial charge is 0.269 e. The lowest BCUT2D eigenvalue weighted by molar-refractivity contribution is 0.627. The monoisotopic (exact) mass is 274 g/mol. The van der Waals surface area contributed by atoms with Crippen molar-refractivity contribution in [1.82, 2.24) is 14.8 Å². The Kier molecular flexibility index (Phi) is 4.31. The van der Waals surface area contributed by atoms with Crippen LogP contribution in [0.2, 0.25) is 0 Å². The minimum absolute atomic E-state index is 0.157. The predicted molar refractivity (Wildman–Crippen MR) is 78.6 cm³/mol. The number of nitrogens with one attached hydrogen (secondary N) is 1. The third-order valence-corrected chi connectivity index (χ3v) is 3.04. The maximum Gasteiger partial charge on any atom is 0.269 e. The lowest BCUT2D eigenvalue weighted by atomic mass is 10.3. The molecule has 0 spiro atoms. The molecule has 106 valence electrons. The van der Waals surface area contributed by atoms with Crippen LogP contribution in [-0.2, 0) is 6.54 Å². The van der Waals surface area contributed by atoms with Crippen LogP contribution in [0.15, 0.2) is 35.3 Å². The van der Waals surface area contributed by atoms with Gasteiger partial charge in [-0.3, -0.25) is 4.79 Å². The van der Waals surface area contributed by atoms with Gasteiger partial charge in [0.05, 0.1) is 24.1 Å². The van der Waals surface area contributed by atoms with Gasteiger partial charge in [-0.2, -0.15) is 5.10 Å². The Labute approximate surface area is 117 Å². The van der Waals surface area contributed by atoms with Crippen molar-refractivity contribution in [1.29, 1.82) is 0 Å². The van der Waals surface area contributed by atoms with E-state index in [2.05, 4.69) is 15.5 Å². The largest absolute Gasteiger partial charge is 0.373 e. The standard InChI is InChI=1S/C13H18N6O/c1-3-18(2)11-7-13(20)19(15-8-11)9-10-5-4-6-12(16-10)17-14/h4-8H,3,9,14H2,1-2H3,(H,16,17). The highest BCUT2D eigenvalue weighted by molar-refractivity contribution is 5.41. The van der Waals surface area contributed by atoms with Crippen LogP contribution in [0, 0.1) is 0 Å². The SMILES string of the molecule is CCN(C)c1cnn(Cc2cccc(NN)n2)c(=O)c1. The summed E-state index contributed by atoms with van der Waals surface area (Å²) in [4.78, 5) is 18.2. The molecule has 2 rings (SSSR count). The van der Waals surface area contributed by atoms with Crippen LogP contribution in [0.5, 0.6) is 0 Å². The van der Waals surface area contributed by atoms with E-state index in [4.69, 9.17) is 5.84 Å². The maximum absolute atomic E-state index is 12.0. The fourth-order valence-corrected chi connectivity index (χ4v) is 1.74. The summed E-state index contributed by atoms with van der Waals surface area (Å²) in [7, 11) is 1.92. The van der Waals surface area contributed by atoms with Crippen LogP contribution in [0.25, 0.3) is 0 Å². The second-order valence-corrected chi connectivity index (χ2v) is 4.38. The fraction of sp³-hybridized carbons (Fsp3) is 0.308. The molecule has 0 unspecified atom stereocenters. The van der Waals surface area contributed by atoms with E-state index in [1.54, 1.807) is 18.3 Å². The van der Waals surface area contributed by atoms with E-state index in [1.165, 1.54) is 4.68 Å². The highest BCUT2D eigenvalue weighted by atomic mass is 16.1. The molecule has 0 saturated heterocycles. The summed E-state index contributed by atoms with van der Waals surface area (Å²) in [6, 6.07) is 6.96. The van der Waals surface area contributed by atoms with Crippen molar-refractivity contribution < 1.29 is 0 Å². The van der Waals surface area contributed by atoms with Gasteiger partial charge in [-0.05, 0) is 19.1 Å². The molecule has 0 aliphatic carbocycles. The number of nitrogens with zero attached hydrogens (tertiary/aromatic N) is 4. The summed E-state index contributed by atoms with van der Waals surface area (Å²) in [5.74, 6) is 5.86. The maximum atomic E-state index is 12.0. The van der Waals surface area contributed by atoms with E-state index in [9.17, 15) is 4.79 Å².